The second kappa shape index (κ2) is 6.66. The summed E-state index contributed by atoms with van der Waals surface area (Å²) in [5, 5.41) is 0. The van der Waals surface area contributed by atoms with E-state index in [1.54, 1.807) is 20.8 Å². The predicted molar refractivity (Wildman–Crippen MR) is 70.4 cm³/mol. The lowest BCUT2D eigenvalue weighted by molar-refractivity contribution is -0.145. The van der Waals surface area contributed by atoms with Gasteiger partial charge in [0.2, 0.25) is 0 Å². The average molecular weight is 308 g/mol. The van der Waals surface area contributed by atoms with Crippen molar-refractivity contribution in [2.45, 2.75) is 38.8 Å². The van der Waals surface area contributed by atoms with Crippen molar-refractivity contribution >= 4 is 16.1 Å². The summed E-state index contributed by atoms with van der Waals surface area (Å²) in [6.07, 6.45) is 2.45. The van der Waals surface area contributed by atoms with E-state index in [4.69, 9.17) is 18.4 Å². The first kappa shape index (κ1) is 17.1. The zero-order valence-electron chi connectivity index (χ0n) is 12.0. The Bertz CT molecular complexity index is 466. The Morgan fingerprint density at radius 3 is 2.55 bits per heavy atom. The third-order valence-electron chi connectivity index (χ3n) is 2.38. The Balaban J connectivity index is 2.67. The molecule has 1 aliphatic heterocycles. The molecule has 0 aromatic heterocycles. The topological polar surface area (TPSA) is 88.1 Å². The van der Waals surface area contributed by atoms with Crippen molar-refractivity contribution in [2.75, 3.05) is 19.5 Å². The van der Waals surface area contributed by atoms with Crippen LogP contribution in [0.15, 0.2) is 12.2 Å². The number of esters is 1. The van der Waals surface area contributed by atoms with Gasteiger partial charge < -0.3 is 14.2 Å². The highest BCUT2D eigenvalue weighted by molar-refractivity contribution is 7.85. The van der Waals surface area contributed by atoms with E-state index in [1.165, 1.54) is 12.2 Å². The first-order valence-electron chi connectivity index (χ1n) is 6.18. The third kappa shape index (κ3) is 6.00. The molecule has 1 fully saturated rings. The van der Waals surface area contributed by atoms with Gasteiger partial charge in [-0.15, -0.1) is 0 Å². The Morgan fingerprint density at radius 1 is 1.35 bits per heavy atom. The molecule has 0 unspecified atom stereocenters. The van der Waals surface area contributed by atoms with Crippen LogP contribution in [-0.2, 0) is 33.3 Å². The van der Waals surface area contributed by atoms with Crippen LogP contribution in [0.1, 0.15) is 20.8 Å². The fourth-order valence-electron chi connectivity index (χ4n) is 1.71. The average Bonchev–Trinajstić information content (AvgIpc) is 2.58. The van der Waals surface area contributed by atoms with Gasteiger partial charge in [-0.05, 0) is 26.8 Å². The van der Waals surface area contributed by atoms with E-state index in [1.807, 2.05) is 0 Å². The van der Waals surface area contributed by atoms with Crippen molar-refractivity contribution in [1.29, 1.82) is 0 Å². The lowest BCUT2D eigenvalue weighted by Crippen LogP contribution is -2.28. The van der Waals surface area contributed by atoms with Crippen LogP contribution in [-0.4, -0.2) is 51.9 Å². The minimum Gasteiger partial charge on any atom is -0.463 e. The number of ether oxygens (including phenoxy) is 3. The molecule has 0 N–H and O–H groups in total. The van der Waals surface area contributed by atoms with Gasteiger partial charge in [0.1, 0.15) is 12.2 Å². The van der Waals surface area contributed by atoms with Crippen molar-refractivity contribution in [3.8, 4) is 0 Å². The predicted octanol–water partition coefficient (Wildman–Crippen LogP) is 0.602. The van der Waals surface area contributed by atoms with E-state index < -0.39 is 34.1 Å². The fraction of sp³-hybridized carbons (Fsp3) is 0.750. The van der Waals surface area contributed by atoms with E-state index in [0.717, 1.165) is 6.26 Å². The van der Waals surface area contributed by atoms with Gasteiger partial charge in [0, 0.05) is 6.08 Å². The molecule has 116 valence electrons. The largest absolute Gasteiger partial charge is 0.463 e. The van der Waals surface area contributed by atoms with Crippen LogP contribution in [0.4, 0.5) is 0 Å². The summed E-state index contributed by atoms with van der Waals surface area (Å²) in [6, 6.07) is 0. The van der Waals surface area contributed by atoms with E-state index in [2.05, 4.69) is 0 Å². The van der Waals surface area contributed by atoms with Crippen molar-refractivity contribution in [3.63, 3.8) is 0 Å². The molecular weight excluding hydrogens is 288 g/mol. The van der Waals surface area contributed by atoms with Crippen molar-refractivity contribution in [3.05, 3.63) is 12.2 Å². The van der Waals surface area contributed by atoms with Crippen LogP contribution >= 0.6 is 0 Å². The molecule has 1 rings (SSSR count). The third-order valence-corrected chi connectivity index (χ3v) is 2.94. The second-order valence-electron chi connectivity index (χ2n) is 4.74. The van der Waals surface area contributed by atoms with Crippen LogP contribution in [0.2, 0.25) is 0 Å². The highest BCUT2D eigenvalue weighted by Crippen LogP contribution is 2.29. The zero-order chi connectivity index (χ0) is 15.4. The first-order chi connectivity index (χ1) is 9.13. The number of hydrogen-bond donors (Lipinski definition) is 0. The van der Waals surface area contributed by atoms with Crippen LogP contribution in [0, 0.1) is 0 Å². The minimum absolute atomic E-state index is 0.180. The molecule has 0 aromatic carbocycles. The summed E-state index contributed by atoms with van der Waals surface area (Å²) in [6.45, 7) is 5.18. The summed E-state index contributed by atoms with van der Waals surface area (Å²) >= 11 is 0. The van der Waals surface area contributed by atoms with E-state index in [-0.39, 0.29) is 13.2 Å². The van der Waals surface area contributed by atoms with Gasteiger partial charge in [-0.1, -0.05) is 0 Å². The molecule has 0 aromatic rings. The smallest absolute Gasteiger partial charge is 0.330 e. The Kier molecular flexibility index (Phi) is 5.69. The standard InChI is InChI=1S/C12H20O7S/c1-5-16-11(13)7-6-9-10(8-17-20(4,14)15)19-12(2,3)18-9/h6-7,9-10H,5,8H2,1-4H3/b7-6-/t9-,10+/m1/s1. The van der Waals surface area contributed by atoms with Gasteiger partial charge in [0.05, 0.1) is 19.5 Å². The summed E-state index contributed by atoms with van der Waals surface area (Å²) < 4.78 is 42.6. The fourth-order valence-corrected chi connectivity index (χ4v) is 2.09. The Labute approximate surface area is 119 Å². The van der Waals surface area contributed by atoms with Gasteiger partial charge >= 0.3 is 5.97 Å². The molecule has 0 aliphatic carbocycles. The van der Waals surface area contributed by atoms with Crippen molar-refractivity contribution in [1.82, 2.24) is 0 Å². The number of carbonyl (C=O) groups is 1. The maximum atomic E-state index is 11.3. The highest BCUT2D eigenvalue weighted by atomic mass is 32.2. The molecule has 1 heterocycles. The van der Waals surface area contributed by atoms with Gasteiger partial charge in [0.15, 0.2) is 5.79 Å². The van der Waals surface area contributed by atoms with Crippen LogP contribution < -0.4 is 0 Å². The molecule has 2 atom stereocenters. The second-order valence-corrected chi connectivity index (χ2v) is 6.38. The van der Waals surface area contributed by atoms with Crippen LogP contribution in [0.5, 0.6) is 0 Å². The van der Waals surface area contributed by atoms with Gasteiger partial charge in [0.25, 0.3) is 10.1 Å². The first-order valence-corrected chi connectivity index (χ1v) is 7.99. The van der Waals surface area contributed by atoms with Gasteiger partial charge in [-0.3, -0.25) is 4.18 Å². The molecule has 1 saturated heterocycles. The lowest BCUT2D eigenvalue weighted by Gasteiger charge is -2.16. The number of hydrogen-bond acceptors (Lipinski definition) is 7. The van der Waals surface area contributed by atoms with E-state index in [9.17, 15) is 13.2 Å². The molecule has 7 nitrogen and oxygen atoms in total. The molecule has 0 spiro atoms. The molecule has 0 bridgehead atoms. The molecule has 0 radical (unpaired) electrons. The number of rotatable bonds is 6. The zero-order valence-corrected chi connectivity index (χ0v) is 12.8. The summed E-state index contributed by atoms with van der Waals surface area (Å²) in [7, 11) is -3.56. The SMILES string of the molecule is CCOC(=O)/C=C\[C@H]1OC(C)(C)O[C@H]1COS(C)(=O)=O. The van der Waals surface area contributed by atoms with Gasteiger partial charge in [-0.2, -0.15) is 8.42 Å². The highest BCUT2D eigenvalue weighted by Gasteiger charge is 2.40. The monoisotopic (exact) mass is 308 g/mol. The van der Waals surface area contributed by atoms with Crippen molar-refractivity contribution in [2.24, 2.45) is 0 Å². The van der Waals surface area contributed by atoms with E-state index in [0.29, 0.717) is 0 Å². The summed E-state index contributed by atoms with van der Waals surface area (Å²) in [5.74, 6) is -1.38. The Morgan fingerprint density at radius 2 is 2.00 bits per heavy atom. The van der Waals surface area contributed by atoms with E-state index >= 15 is 0 Å². The molecule has 20 heavy (non-hydrogen) atoms. The molecule has 8 heteroatoms. The lowest BCUT2D eigenvalue weighted by atomic mass is 10.2. The minimum atomic E-state index is -3.56. The maximum absolute atomic E-state index is 11.3. The van der Waals surface area contributed by atoms with Crippen molar-refractivity contribution < 1.29 is 31.6 Å². The Hall–Kier alpha value is -0.960. The summed E-state index contributed by atoms with van der Waals surface area (Å²) in [5.41, 5.74) is 0. The molecule has 0 amide bonds. The molecule has 0 saturated carbocycles. The number of carbonyl (C=O) groups excluding carboxylic acids is 1. The van der Waals surface area contributed by atoms with Crippen LogP contribution in [0.25, 0.3) is 0 Å². The normalized spacial score (nSPS) is 26.0. The maximum Gasteiger partial charge on any atom is 0.330 e. The van der Waals surface area contributed by atoms with Gasteiger partial charge in [-0.25, -0.2) is 4.79 Å². The summed E-state index contributed by atoms with van der Waals surface area (Å²) in [4.78, 5) is 11.3. The van der Waals surface area contributed by atoms with Crippen LogP contribution in [0.3, 0.4) is 0 Å². The molecule has 1 aliphatic rings. The quantitative estimate of drug-likeness (QED) is 0.403. The molecular formula is C12H20O7S.